The second-order valence-corrected chi connectivity index (χ2v) is 7.23. The summed E-state index contributed by atoms with van der Waals surface area (Å²) in [7, 11) is 0. The van der Waals surface area contributed by atoms with E-state index < -0.39 is 0 Å². The normalized spacial score (nSPS) is 15.3. The topological polar surface area (TPSA) is 45.1 Å². The predicted molar refractivity (Wildman–Crippen MR) is 96.9 cm³/mol. The lowest BCUT2D eigenvalue weighted by Gasteiger charge is -2.19. The maximum atomic E-state index is 8.84. The lowest BCUT2D eigenvalue weighted by Crippen LogP contribution is -2.25. The van der Waals surface area contributed by atoms with Crippen LogP contribution in [0.25, 0.3) is 0 Å². The van der Waals surface area contributed by atoms with Crippen molar-refractivity contribution in [3.63, 3.8) is 0 Å². The Labute approximate surface area is 142 Å². The van der Waals surface area contributed by atoms with E-state index in [-0.39, 0.29) is 6.61 Å². The van der Waals surface area contributed by atoms with E-state index in [1.165, 1.54) is 23.4 Å². The van der Waals surface area contributed by atoms with E-state index in [0.29, 0.717) is 6.04 Å². The van der Waals surface area contributed by atoms with Crippen LogP contribution in [0.5, 0.6) is 0 Å². The zero-order chi connectivity index (χ0) is 15.9. The van der Waals surface area contributed by atoms with Gasteiger partial charge in [-0.1, -0.05) is 6.07 Å². The van der Waals surface area contributed by atoms with Gasteiger partial charge in [0.15, 0.2) is 0 Å². The Morgan fingerprint density at radius 2 is 2.00 bits per heavy atom. The molecule has 1 unspecified atom stereocenters. The van der Waals surface area contributed by atoms with Crippen molar-refractivity contribution in [3.8, 4) is 0 Å². The van der Waals surface area contributed by atoms with Crippen LogP contribution in [0.15, 0.2) is 53.6 Å². The van der Waals surface area contributed by atoms with Gasteiger partial charge in [-0.15, -0.1) is 11.8 Å². The zero-order valence-electron chi connectivity index (χ0n) is 13.3. The van der Waals surface area contributed by atoms with Gasteiger partial charge in [-0.3, -0.25) is 4.98 Å². The Morgan fingerprint density at radius 3 is 2.65 bits per heavy atom. The van der Waals surface area contributed by atoms with Crippen LogP contribution in [0, 0.1) is 5.92 Å². The number of hydrogen-bond donors (Lipinski definition) is 2. The number of hydrogen-bond acceptors (Lipinski definition) is 4. The molecule has 4 heteroatoms. The van der Waals surface area contributed by atoms with Crippen LogP contribution < -0.4 is 5.32 Å². The van der Waals surface area contributed by atoms with Gasteiger partial charge in [-0.2, -0.15) is 0 Å². The van der Waals surface area contributed by atoms with Gasteiger partial charge in [0.1, 0.15) is 0 Å². The molecule has 1 aliphatic rings. The predicted octanol–water partition coefficient (Wildman–Crippen LogP) is 3.99. The number of anilines is 1. The summed E-state index contributed by atoms with van der Waals surface area (Å²) >= 11 is 1.80. The molecule has 1 heterocycles. The van der Waals surface area contributed by atoms with Crippen LogP contribution in [0.3, 0.4) is 0 Å². The minimum Gasteiger partial charge on any atom is -0.396 e. The number of rotatable bonds is 9. The van der Waals surface area contributed by atoms with Crippen molar-refractivity contribution in [1.82, 2.24) is 4.98 Å². The molecular weight excluding hydrogens is 304 g/mol. The summed E-state index contributed by atoms with van der Waals surface area (Å²) in [6.45, 7) is 0.267. The molecule has 1 aromatic heterocycles. The van der Waals surface area contributed by atoms with Crippen LogP contribution in [0.4, 0.5) is 5.69 Å². The molecule has 3 rings (SSSR count). The average molecular weight is 328 g/mol. The minimum atomic E-state index is 0.267. The number of benzene rings is 1. The number of pyridine rings is 1. The molecule has 1 saturated carbocycles. The van der Waals surface area contributed by atoms with Gasteiger partial charge >= 0.3 is 0 Å². The fourth-order valence-electron chi connectivity index (χ4n) is 2.69. The monoisotopic (exact) mass is 328 g/mol. The molecule has 1 fully saturated rings. The molecule has 122 valence electrons. The molecule has 0 spiro atoms. The molecule has 2 aromatic rings. The van der Waals surface area contributed by atoms with Crippen molar-refractivity contribution in [3.05, 3.63) is 54.4 Å². The van der Waals surface area contributed by atoms with Crippen molar-refractivity contribution in [2.24, 2.45) is 5.92 Å². The highest BCUT2D eigenvalue weighted by Gasteiger charge is 2.31. The number of nitrogens with one attached hydrogen (secondary N) is 1. The molecule has 0 radical (unpaired) electrons. The van der Waals surface area contributed by atoms with Crippen molar-refractivity contribution >= 4 is 17.4 Å². The van der Waals surface area contributed by atoms with E-state index in [2.05, 4.69) is 46.7 Å². The Bertz CT molecular complexity index is 584. The van der Waals surface area contributed by atoms with E-state index in [1.807, 2.05) is 12.3 Å². The van der Waals surface area contributed by atoms with Gasteiger partial charge in [0.25, 0.3) is 0 Å². The van der Waals surface area contributed by atoms with Gasteiger partial charge in [0.2, 0.25) is 0 Å². The Morgan fingerprint density at radius 1 is 1.17 bits per heavy atom. The van der Waals surface area contributed by atoms with Crippen LogP contribution in [0.2, 0.25) is 0 Å². The number of aliphatic hydroxyl groups is 1. The second-order valence-electron chi connectivity index (χ2n) is 6.06. The number of aromatic nitrogens is 1. The van der Waals surface area contributed by atoms with Crippen molar-refractivity contribution in [2.45, 2.75) is 36.6 Å². The van der Waals surface area contributed by atoms with Crippen LogP contribution in [0.1, 0.15) is 25.0 Å². The molecular formula is C19H24N2OS. The van der Waals surface area contributed by atoms with Crippen LogP contribution in [-0.2, 0) is 6.42 Å². The van der Waals surface area contributed by atoms with E-state index in [4.69, 9.17) is 5.11 Å². The first-order valence-corrected chi connectivity index (χ1v) is 9.34. The van der Waals surface area contributed by atoms with E-state index in [1.54, 1.807) is 11.8 Å². The van der Waals surface area contributed by atoms with Gasteiger partial charge in [-0.05, 0) is 61.6 Å². The average Bonchev–Trinajstić information content (AvgIpc) is 3.42. The zero-order valence-corrected chi connectivity index (χ0v) is 14.1. The number of aliphatic hydroxyl groups excluding tert-OH is 1. The summed E-state index contributed by atoms with van der Waals surface area (Å²) in [5.74, 6) is 1.74. The maximum absolute atomic E-state index is 8.84. The molecule has 0 bridgehead atoms. The number of nitrogens with zero attached hydrogens (tertiary/aromatic N) is 1. The quantitative estimate of drug-likeness (QED) is 0.540. The van der Waals surface area contributed by atoms with Crippen LogP contribution in [-0.4, -0.2) is 28.5 Å². The SMILES string of the molecule is OCCCSc1ccc(NC(Cc2ccccn2)C2CC2)cc1. The fraction of sp³-hybridized carbons (Fsp3) is 0.421. The van der Waals surface area contributed by atoms with Crippen molar-refractivity contribution in [1.29, 1.82) is 0 Å². The third kappa shape index (κ3) is 5.26. The van der Waals surface area contributed by atoms with Crippen LogP contribution >= 0.6 is 11.8 Å². The van der Waals surface area contributed by atoms with Gasteiger partial charge in [0, 0.05) is 47.3 Å². The first-order chi connectivity index (χ1) is 11.3. The summed E-state index contributed by atoms with van der Waals surface area (Å²) in [5.41, 5.74) is 2.34. The smallest absolute Gasteiger partial charge is 0.0439 e. The summed E-state index contributed by atoms with van der Waals surface area (Å²) in [4.78, 5) is 5.72. The molecule has 2 N–H and O–H groups in total. The summed E-state index contributed by atoms with van der Waals surface area (Å²) < 4.78 is 0. The van der Waals surface area contributed by atoms with Gasteiger partial charge in [0.05, 0.1) is 0 Å². The summed E-state index contributed by atoms with van der Waals surface area (Å²) in [6, 6.07) is 15.3. The lowest BCUT2D eigenvalue weighted by molar-refractivity contribution is 0.296. The van der Waals surface area contributed by atoms with Gasteiger partial charge in [-0.25, -0.2) is 0 Å². The molecule has 1 atom stereocenters. The Balaban J connectivity index is 1.57. The number of thioether (sulfide) groups is 1. The molecule has 3 nitrogen and oxygen atoms in total. The second kappa shape index (κ2) is 8.37. The van der Waals surface area contributed by atoms with E-state index >= 15 is 0 Å². The van der Waals surface area contributed by atoms with Crippen molar-refractivity contribution < 1.29 is 5.11 Å². The minimum absolute atomic E-state index is 0.267. The largest absolute Gasteiger partial charge is 0.396 e. The van der Waals surface area contributed by atoms with E-state index in [9.17, 15) is 0 Å². The third-order valence-corrected chi connectivity index (χ3v) is 5.22. The van der Waals surface area contributed by atoms with E-state index in [0.717, 1.165) is 30.2 Å². The highest BCUT2D eigenvalue weighted by atomic mass is 32.2. The summed E-state index contributed by atoms with van der Waals surface area (Å²) in [5, 5.41) is 12.5. The standard InChI is InChI=1S/C19H24N2OS/c22-12-3-13-23-18-9-7-16(8-10-18)21-19(15-5-6-15)14-17-4-1-2-11-20-17/h1-2,4,7-11,15,19,21-22H,3,5-6,12-14H2. The maximum Gasteiger partial charge on any atom is 0.0439 e. The first kappa shape index (κ1) is 16.3. The lowest BCUT2D eigenvalue weighted by atomic mass is 10.1. The first-order valence-electron chi connectivity index (χ1n) is 8.35. The highest BCUT2D eigenvalue weighted by molar-refractivity contribution is 7.99. The molecule has 1 aliphatic carbocycles. The highest BCUT2D eigenvalue weighted by Crippen LogP contribution is 2.35. The molecule has 23 heavy (non-hydrogen) atoms. The molecule has 0 aliphatic heterocycles. The molecule has 0 amide bonds. The molecule has 1 aromatic carbocycles. The molecule has 0 saturated heterocycles. The van der Waals surface area contributed by atoms with Crippen molar-refractivity contribution in [2.75, 3.05) is 17.7 Å². The Hall–Kier alpha value is -1.52. The third-order valence-electron chi connectivity index (χ3n) is 4.12. The Kier molecular flexibility index (Phi) is 5.94. The van der Waals surface area contributed by atoms with Gasteiger partial charge < -0.3 is 10.4 Å². The fourth-order valence-corrected chi connectivity index (χ4v) is 3.53. The summed E-state index contributed by atoms with van der Waals surface area (Å²) in [6.07, 6.45) is 6.34.